The fourth-order valence-corrected chi connectivity index (χ4v) is 3.12. The summed E-state index contributed by atoms with van der Waals surface area (Å²) in [6.07, 6.45) is 1.83. The first kappa shape index (κ1) is 14.8. The van der Waals surface area contributed by atoms with Crippen molar-refractivity contribution >= 4 is 23.5 Å². The summed E-state index contributed by atoms with van der Waals surface area (Å²) in [5.74, 6) is 0.538. The van der Waals surface area contributed by atoms with Gasteiger partial charge in [0.25, 0.3) is 5.91 Å². The van der Waals surface area contributed by atoms with Crippen LogP contribution in [0.2, 0.25) is 0 Å². The average molecular weight is 331 g/mol. The first-order valence-electron chi connectivity index (χ1n) is 7.81. The molecule has 1 saturated heterocycles. The van der Waals surface area contributed by atoms with Gasteiger partial charge in [-0.05, 0) is 37.8 Å². The Morgan fingerprint density at radius 2 is 2.08 bits per heavy atom. The average Bonchev–Trinajstić information content (AvgIpc) is 3.26. The van der Waals surface area contributed by atoms with Crippen LogP contribution in [0.4, 0.5) is 10.5 Å². The minimum atomic E-state index is -0.879. The van der Waals surface area contributed by atoms with Gasteiger partial charge >= 0.3 is 6.03 Å². The van der Waals surface area contributed by atoms with Crippen LogP contribution in [0.1, 0.15) is 19.8 Å². The van der Waals surface area contributed by atoms with Crippen molar-refractivity contribution in [2.24, 2.45) is 5.92 Å². The number of rotatable bonds is 4. The van der Waals surface area contributed by atoms with Crippen LogP contribution in [0.5, 0.6) is 11.5 Å². The zero-order chi connectivity index (χ0) is 16.9. The van der Waals surface area contributed by atoms with Gasteiger partial charge in [-0.15, -0.1) is 0 Å². The Balaban J connectivity index is 1.42. The van der Waals surface area contributed by atoms with E-state index in [2.05, 4.69) is 10.6 Å². The van der Waals surface area contributed by atoms with E-state index in [1.54, 1.807) is 25.1 Å². The van der Waals surface area contributed by atoms with Gasteiger partial charge in [0.05, 0.1) is 0 Å². The normalized spacial score (nSPS) is 25.0. The summed E-state index contributed by atoms with van der Waals surface area (Å²) in [4.78, 5) is 37.7. The topological polar surface area (TPSA) is 97.0 Å². The number of ether oxygens (including phenoxy) is 2. The molecule has 1 saturated carbocycles. The molecule has 8 nitrogen and oxygen atoms in total. The van der Waals surface area contributed by atoms with Gasteiger partial charge in [-0.3, -0.25) is 14.5 Å². The van der Waals surface area contributed by atoms with Crippen LogP contribution >= 0.6 is 0 Å². The van der Waals surface area contributed by atoms with Crippen LogP contribution in [0.15, 0.2) is 18.2 Å². The molecule has 3 aliphatic rings. The first-order valence-corrected chi connectivity index (χ1v) is 7.81. The molecule has 8 heteroatoms. The van der Waals surface area contributed by atoms with Gasteiger partial charge < -0.3 is 20.1 Å². The van der Waals surface area contributed by atoms with Crippen LogP contribution in [0.25, 0.3) is 0 Å². The van der Waals surface area contributed by atoms with E-state index in [0.717, 1.165) is 17.7 Å². The van der Waals surface area contributed by atoms with Crippen LogP contribution < -0.4 is 20.1 Å². The number of amides is 4. The van der Waals surface area contributed by atoms with Crippen molar-refractivity contribution in [1.82, 2.24) is 10.2 Å². The number of carbonyl (C=O) groups is 3. The van der Waals surface area contributed by atoms with Gasteiger partial charge in [0.15, 0.2) is 11.5 Å². The highest BCUT2D eigenvalue weighted by Gasteiger charge is 2.56. The maximum absolute atomic E-state index is 12.5. The molecule has 126 valence electrons. The molecule has 2 N–H and O–H groups in total. The molecule has 4 rings (SSSR count). The van der Waals surface area contributed by atoms with Gasteiger partial charge in [-0.1, -0.05) is 0 Å². The zero-order valence-corrected chi connectivity index (χ0v) is 13.1. The van der Waals surface area contributed by atoms with E-state index in [-0.39, 0.29) is 25.2 Å². The van der Waals surface area contributed by atoms with Gasteiger partial charge in [0.2, 0.25) is 12.7 Å². The number of imide groups is 1. The lowest BCUT2D eigenvalue weighted by Gasteiger charge is -2.20. The molecule has 0 aromatic heterocycles. The lowest BCUT2D eigenvalue weighted by molar-refractivity contribution is -0.134. The molecule has 2 heterocycles. The molecular weight excluding hydrogens is 314 g/mol. The highest BCUT2D eigenvalue weighted by atomic mass is 16.7. The fourth-order valence-electron chi connectivity index (χ4n) is 3.12. The van der Waals surface area contributed by atoms with Gasteiger partial charge in [-0.2, -0.15) is 0 Å². The molecule has 1 aliphatic carbocycles. The summed E-state index contributed by atoms with van der Waals surface area (Å²) in [6, 6.07) is 4.48. The fraction of sp³-hybridized carbons (Fsp3) is 0.438. The molecule has 0 radical (unpaired) electrons. The van der Waals surface area contributed by atoms with Crippen molar-refractivity contribution < 1.29 is 23.9 Å². The third-order valence-corrected chi connectivity index (χ3v) is 4.65. The largest absolute Gasteiger partial charge is 0.454 e. The quantitative estimate of drug-likeness (QED) is 0.805. The molecule has 0 unspecified atom stereocenters. The van der Waals surface area contributed by atoms with Gasteiger partial charge in [-0.25, -0.2) is 4.79 Å². The summed E-state index contributed by atoms with van der Waals surface area (Å²) in [5, 5.41) is 5.38. The van der Waals surface area contributed by atoms with Crippen molar-refractivity contribution in [2.45, 2.75) is 25.3 Å². The minimum absolute atomic E-state index is 0.148. The number of hydrogen-bond acceptors (Lipinski definition) is 5. The molecule has 0 spiro atoms. The first-order chi connectivity index (χ1) is 11.5. The Hall–Kier alpha value is -2.77. The summed E-state index contributed by atoms with van der Waals surface area (Å²) in [6.45, 7) is 1.55. The number of urea groups is 1. The van der Waals surface area contributed by atoms with Crippen LogP contribution in [-0.4, -0.2) is 41.6 Å². The van der Waals surface area contributed by atoms with E-state index < -0.39 is 17.5 Å². The predicted molar refractivity (Wildman–Crippen MR) is 82.6 cm³/mol. The zero-order valence-electron chi connectivity index (χ0n) is 13.1. The summed E-state index contributed by atoms with van der Waals surface area (Å²) in [5.41, 5.74) is -0.364. The van der Waals surface area contributed by atoms with E-state index >= 15 is 0 Å². The SMILES string of the molecule is C[C@]1(C2CC2)NC(=O)N(CC(=O)Nc2ccc3c(c2)OCO3)C1=O. The van der Waals surface area contributed by atoms with E-state index in [1.807, 2.05) is 0 Å². The lowest BCUT2D eigenvalue weighted by atomic mass is 9.96. The second kappa shape index (κ2) is 5.12. The van der Waals surface area contributed by atoms with E-state index in [4.69, 9.17) is 9.47 Å². The summed E-state index contributed by atoms with van der Waals surface area (Å²) in [7, 11) is 0. The number of carbonyl (C=O) groups excluding carboxylic acids is 3. The van der Waals surface area contributed by atoms with Crippen LogP contribution in [-0.2, 0) is 9.59 Å². The van der Waals surface area contributed by atoms with Gasteiger partial charge in [0, 0.05) is 11.8 Å². The number of nitrogens with one attached hydrogen (secondary N) is 2. The number of fused-ring (bicyclic) bond motifs is 1. The molecule has 4 amide bonds. The molecule has 1 aromatic carbocycles. The number of nitrogens with zero attached hydrogens (tertiary/aromatic N) is 1. The van der Waals surface area contributed by atoms with Crippen molar-refractivity contribution in [3.8, 4) is 11.5 Å². The van der Waals surface area contributed by atoms with E-state index in [1.165, 1.54) is 0 Å². The molecule has 2 fully saturated rings. The molecule has 0 bridgehead atoms. The number of benzene rings is 1. The third-order valence-electron chi connectivity index (χ3n) is 4.65. The van der Waals surface area contributed by atoms with Crippen molar-refractivity contribution in [3.63, 3.8) is 0 Å². The maximum atomic E-state index is 12.5. The van der Waals surface area contributed by atoms with Gasteiger partial charge in [0.1, 0.15) is 12.1 Å². The smallest absolute Gasteiger partial charge is 0.325 e. The third kappa shape index (κ3) is 2.34. The van der Waals surface area contributed by atoms with Crippen molar-refractivity contribution in [3.05, 3.63) is 18.2 Å². The Labute approximate surface area is 138 Å². The van der Waals surface area contributed by atoms with Crippen LogP contribution in [0, 0.1) is 5.92 Å². The maximum Gasteiger partial charge on any atom is 0.325 e. The minimum Gasteiger partial charge on any atom is -0.454 e. The molecule has 1 aromatic rings. The Bertz CT molecular complexity index is 745. The molecule has 1 atom stereocenters. The van der Waals surface area contributed by atoms with E-state index in [9.17, 15) is 14.4 Å². The monoisotopic (exact) mass is 331 g/mol. The van der Waals surface area contributed by atoms with Crippen molar-refractivity contribution in [2.75, 3.05) is 18.7 Å². The standard InChI is InChI=1S/C16H17N3O5/c1-16(9-2-3-9)14(21)19(15(22)18-16)7-13(20)17-10-4-5-11-12(6-10)24-8-23-11/h4-6,9H,2-3,7-8H2,1H3,(H,17,20)(H,18,22)/t16-/m1/s1. The highest BCUT2D eigenvalue weighted by molar-refractivity contribution is 6.10. The summed E-state index contributed by atoms with van der Waals surface area (Å²) >= 11 is 0. The predicted octanol–water partition coefficient (Wildman–Crippen LogP) is 1.07. The lowest BCUT2D eigenvalue weighted by Crippen LogP contribution is -2.46. The molecular formula is C16H17N3O5. The number of anilines is 1. The summed E-state index contributed by atoms with van der Waals surface area (Å²) < 4.78 is 10.5. The molecule has 24 heavy (non-hydrogen) atoms. The van der Waals surface area contributed by atoms with E-state index in [0.29, 0.717) is 17.2 Å². The van der Waals surface area contributed by atoms with Crippen molar-refractivity contribution in [1.29, 1.82) is 0 Å². The second-order valence-electron chi connectivity index (χ2n) is 6.41. The second-order valence-corrected chi connectivity index (χ2v) is 6.41. The highest BCUT2D eigenvalue weighted by Crippen LogP contribution is 2.42. The molecule has 2 aliphatic heterocycles. The Morgan fingerprint density at radius 3 is 2.83 bits per heavy atom. The number of hydrogen-bond donors (Lipinski definition) is 2. The van der Waals surface area contributed by atoms with Crippen LogP contribution in [0.3, 0.4) is 0 Å². The Kier molecular flexibility index (Phi) is 3.16. The Morgan fingerprint density at radius 1 is 1.33 bits per heavy atom.